The maximum absolute atomic E-state index is 11.0. The van der Waals surface area contributed by atoms with E-state index in [1.807, 2.05) is 0 Å². The standard InChI is InChI=1S/C12H19NO2/c14-11(15)9-3-4-12(7-9)5-6-13(8-12)10-1-2-10/h9-10H,1-8H2,(H,14,15)/t9-,12-/m0/s1. The Labute approximate surface area is 90.5 Å². The summed E-state index contributed by atoms with van der Waals surface area (Å²) >= 11 is 0. The summed E-state index contributed by atoms with van der Waals surface area (Å²) in [6.07, 6.45) is 6.98. The van der Waals surface area contributed by atoms with E-state index in [2.05, 4.69) is 4.90 Å². The first-order chi connectivity index (χ1) is 7.19. The van der Waals surface area contributed by atoms with Crippen LogP contribution in [0.3, 0.4) is 0 Å². The van der Waals surface area contributed by atoms with Crippen LogP contribution in [-0.4, -0.2) is 35.1 Å². The van der Waals surface area contributed by atoms with E-state index in [1.54, 1.807) is 0 Å². The smallest absolute Gasteiger partial charge is 0.306 e. The molecule has 0 aromatic heterocycles. The van der Waals surface area contributed by atoms with Crippen molar-refractivity contribution >= 4 is 5.97 Å². The number of rotatable bonds is 2. The van der Waals surface area contributed by atoms with Gasteiger partial charge >= 0.3 is 5.97 Å². The Morgan fingerprint density at radius 2 is 2.07 bits per heavy atom. The van der Waals surface area contributed by atoms with Gasteiger partial charge in [0.15, 0.2) is 0 Å². The molecule has 0 unspecified atom stereocenters. The van der Waals surface area contributed by atoms with E-state index in [4.69, 9.17) is 5.11 Å². The summed E-state index contributed by atoms with van der Waals surface area (Å²) in [5, 5.41) is 9.03. The highest BCUT2D eigenvalue weighted by Crippen LogP contribution is 2.50. The third kappa shape index (κ3) is 1.67. The lowest BCUT2D eigenvalue weighted by atomic mass is 9.84. The van der Waals surface area contributed by atoms with E-state index >= 15 is 0 Å². The molecule has 84 valence electrons. The van der Waals surface area contributed by atoms with Crippen molar-refractivity contribution in [2.24, 2.45) is 11.3 Å². The number of hydrogen-bond acceptors (Lipinski definition) is 2. The Morgan fingerprint density at radius 1 is 1.27 bits per heavy atom. The third-order valence-corrected chi connectivity index (χ3v) is 4.58. The molecule has 2 atom stereocenters. The zero-order chi connectivity index (χ0) is 10.5. The van der Waals surface area contributed by atoms with Crippen molar-refractivity contribution in [2.45, 2.75) is 44.6 Å². The summed E-state index contributed by atoms with van der Waals surface area (Å²) in [5.41, 5.74) is 0.381. The molecule has 0 bridgehead atoms. The highest BCUT2D eigenvalue weighted by molar-refractivity contribution is 5.70. The molecule has 3 rings (SSSR count). The summed E-state index contributed by atoms with van der Waals surface area (Å²) in [5.74, 6) is -0.624. The van der Waals surface area contributed by atoms with Gasteiger partial charge in [-0.05, 0) is 50.5 Å². The number of likely N-dealkylation sites (tertiary alicyclic amines) is 1. The quantitative estimate of drug-likeness (QED) is 0.753. The van der Waals surface area contributed by atoms with Crippen LogP contribution in [0.25, 0.3) is 0 Å². The van der Waals surface area contributed by atoms with Gasteiger partial charge in [-0.3, -0.25) is 9.69 Å². The average molecular weight is 209 g/mol. The molecule has 1 aliphatic heterocycles. The van der Waals surface area contributed by atoms with Crippen molar-refractivity contribution < 1.29 is 9.90 Å². The lowest BCUT2D eigenvalue weighted by Gasteiger charge is -2.23. The molecule has 2 saturated carbocycles. The van der Waals surface area contributed by atoms with Crippen LogP contribution in [0.15, 0.2) is 0 Å². The molecule has 1 N–H and O–H groups in total. The van der Waals surface area contributed by atoms with Crippen LogP contribution in [-0.2, 0) is 4.79 Å². The molecule has 3 fully saturated rings. The lowest BCUT2D eigenvalue weighted by Crippen LogP contribution is -2.27. The zero-order valence-corrected chi connectivity index (χ0v) is 9.11. The molecule has 1 spiro atoms. The highest BCUT2D eigenvalue weighted by Gasteiger charge is 2.48. The van der Waals surface area contributed by atoms with Crippen LogP contribution < -0.4 is 0 Å². The second-order valence-electron chi connectivity index (χ2n) is 5.73. The van der Waals surface area contributed by atoms with Gasteiger partial charge in [-0.2, -0.15) is 0 Å². The highest BCUT2D eigenvalue weighted by atomic mass is 16.4. The summed E-state index contributed by atoms with van der Waals surface area (Å²) in [4.78, 5) is 13.6. The summed E-state index contributed by atoms with van der Waals surface area (Å²) in [7, 11) is 0. The average Bonchev–Trinajstić information content (AvgIpc) is 2.85. The van der Waals surface area contributed by atoms with Gasteiger partial charge in [-0.15, -0.1) is 0 Å². The number of carbonyl (C=O) groups is 1. The van der Waals surface area contributed by atoms with Crippen molar-refractivity contribution in [3.8, 4) is 0 Å². The Balaban J connectivity index is 1.64. The zero-order valence-electron chi connectivity index (χ0n) is 9.11. The maximum Gasteiger partial charge on any atom is 0.306 e. The van der Waals surface area contributed by atoms with Crippen LogP contribution in [0.1, 0.15) is 38.5 Å². The van der Waals surface area contributed by atoms with Gasteiger partial charge in [-0.25, -0.2) is 0 Å². The molecule has 3 heteroatoms. The summed E-state index contributed by atoms with van der Waals surface area (Å²) in [6.45, 7) is 2.40. The second-order valence-corrected chi connectivity index (χ2v) is 5.73. The number of nitrogens with zero attached hydrogens (tertiary/aromatic N) is 1. The molecule has 2 aliphatic carbocycles. The van der Waals surface area contributed by atoms with E-state index in [-0.39, 0.29) is 5.92 Å². The minimum atomic E-state index is -0.572. The van der Waals surface area contributed by atoms with Gasteiger partial charge < -0.3 is 5.11 Å². The fraction of sp³-hybridized carbons (Fsp3) is 0.917. The molecular weight excluding hydrogens is 190 g/mol. The number of hydrogen-bond donors (Lipinski definition) is 1. The molecule has 1 saturated heterocycles. The van der Waals surface area contributed by atoms with Gasteiger partial charge in [0.1, 0.15) is 0 Å². The number of carboxylic acid groups (broad SMARTS) is 1. The number of carboxylic acids is 1. The Morgan fingerprint density at radius 3 is 2.67 bits per heavy atom. The molecule has 3 nitrogen and oxygen atoms in total. The number of aliphatic carboxylic acids is 1. The van der Waals surface area contributed by atoms with Gasteiger partial charge in [0.25, 0.3) is 0 Å². The fourth-order valence-electron chi connectivity index (χ4n) is 3.51. The molecule has 3 aliphatic rings. The van der Waals surface area contributed by atoms with Gasteiger partial charge in [0, 0.05) is 12.6 Å². The first kappa shape index (κ1) is 9.64. The maximum atomic E-state index is 11.0. The predicted molar refractivity (Wildman–Crippen MR) is 56.6 cm³/mol. The first-order valence-electron chi connectivity index (χ1n) is 6.15. The van der Waals surface area contributed by atoms with Crippen LogP contribution in [0.4, 0.5) is 0 Å². The minimum Gasteiger partial charge on any atom is -0.481 e. The largest absolute Gasteiger partial charge is 0.481 e. The Kier molecular flexibility index (Phi) is 2.06. The summed E-state index contributed by atoms with van der Waals surface area (Å²) in [6, 6.07) is 0.855. The Hall–Kier alpha value is -0.570. The van der Waals surface area contributed by atoms with Crippen LogP contribution >= 0.6 is 0 Å². The molecule has 0 aromatic carbocycles. The molecule has 0 radical (unpaired) electrons. The summed E-state index contributed by atoms with van der Waals surface area (Å²) < 4.78 is 0. The van der Waals surface area contributed by atoms with Gasteiger partial charge in [-0.1, -0.05) is 0 Å². The molecule has 1 heterocycles. The van der Waals surface area contributed by atoms with E-state index in [0.29, 0.717) is 5.41 Å². The Bertz CT molecular complexity index is 287. The van der Waals surface area contributed by atoms with E-state index < -0.39 is 5.97 Å². The first-order valence-corrected chi connectivity index (χ1v) is 6.15. The van der Waals surface area contributed by atoms with Crippen molar-refractivity contribution in [1.29, 1.82) is 0 Å². The second kappa shape index (κ2) is 3.21. The van der Waals surface area contributed by atoms with Gasteiger partial charge in [0.05, 0.1) is 5.92 Å². The van der Waals surface area contributed by atoms with E-state index in [0.717, 1.165) is 25.3 Å². The molecule has 15 heavy (non-hydrogen) atoms. The third-order valence-electron chi connectivity index (χ3n) is 4.58. The minimum absolute atomic E-state index is 0.0517. The topological polar surface area (TPSA) is 40.5 Å². The normalized spacial score (nSPS) is 41.5. The van der Waals surface area contributed by atoms with Gasteiger partial charge in [0.2, 0.25) is 0 Å². The van der Waals surface area contributed by atoms with Crippen molar-refractivity contribution in [3.63, 3.8) is 0 Å². The SMILES string of the molecule is O=C(O)[C@H]1CC[C@]2(CCN(C3CC3)C2)C1. The van der Waals surface area contributed by atoms with Crippen LogP contribution in [0, 0.1) is 11.3 Å². The molecule has 0 aromatic rings. The molecule has 0 amide bonds. The monoisotopic (exact) mass is 209 g/mol. The van der Waals surface area contributed by atoms with Crippen LogP contribution in [0.2, 0.25) is 0 Å². The van der Waals surface area contributed by atoms with Crippen molar-refractivity contribution in [2.75, 3.05) is 13.1 Å². The van der Waals surface area contributed by atoms with E-state index in [9.17, 15) is 4.79 Å². The van der Waals surface area contributed by atoms with Crippen molar-refractivity contribution in [3.05, 3.63) is 0 Å². The lowest BCUT2D eigenvalue weighted by molar-refractivity contribution is -0.141. The molecular formula is C12H19NO2. The fourth-order valence-corrected chi connectivity index (χ4v) is 3.51. The predicted octanol–water partition coefficient (Wildman–Crippen LogP) is 1.73. The van der Waals surface area contributed by atoms with E-state index in [1.165, 1.54) is 32.4 Å². The van der Waals surface area contributed by atoms with Crippen LogP contribution in [0.5, 0.6) is 0 Å². The van der Waals surface area contributed by atoms with Crippen molar-refractivity contribution in [1.82, 2.24) is 4.90 Å².